The fourth-order valence-electron chi connectivity index (χ4n) is 4.20. The Bertz CT molecular complexity index is 1400. The summed E-state index contributed by atoms with van der Waals surface area (Å²) in [6.45, 7) is 2.19. The van der Waals surface area contributed by atoms with E-state index in [0.29, 0.717) is 42.9 Å². The van der Waals surface area contributed by atoms with Crippen molar-refractivity contribution >= 4 is 49.9 Å². The Hall–Kier alpha value is -3.76. The van der Waals surface area contributed by atoms with Crippen molar-refractivity contribution in [3.05, 3.63) is 66.2 Å². The monoisotopic (exact) mass is 494 g/mol. The number of sulfonamides is 1. The predicted molar refractivity (Wildman–Crippen MR) is 133 cm³/mol. The highest BCUT2D eigenvalue weighted by Gasteiger charge is 2.29. The molecule has 0 unspecified atom stereocenters. The van der Waals surface area contributed by atoms with Crippen LogP contribution in [0.15, 0.2) is 65.6 Å². The minimum atomic E-state index is -3.80. The molecule has 3 aromatic carbocycles. The van der Waals surface area contributed by atoms with Crippen molar-refractivity contribution in [2.24, 2.45) is 11.1 Å². The lowest BCUT2D eigenvalue weighted by Crippen LogP contribution is -2.41. The molecule has 3 aromatic rings. The number of anilines is 2. The smallest absolute Gasteiger partial charge is 0.255 e. The number of benzene rings is 3. The molecule has 0 radical (unpaired) electrons. The standard InChI is InChI=1S/C25H26N4O5S/c1-16(30)27-23-15-19-5-3-2-4-18(19)14-22(23)25(32)29-12-10-17(11-13-29)24(31)28-20-6-8-21(9-7-20)35(26,33)34/h2-9,14-15,17H,10-13H2,1H3,(H,27,30)(H,28,31)(H2,26,33,34). The summed E-state index contributed by atoms with van der Waals surface area (Å²) in [7, 11) is -3.80. The maximum absolute atomic E-state index is 13.3. The number of fused-ring (bicyclic) bond motifs is 1. The molecule has 4 N–H and O–H groups in total. The van der Waals surface area contributed by atoms with Crippen LogP contribution in [0, 0.1) is 5.92 Å². The fraction of sp³-hybridized carbons (Fsp3) is 0.240. The summed E-state index contributed by atoms with van der Waals surface area (Å²) in [6.07, 6.45) is 0.964. The van der Waals surface area contributed by atoms with Gasteiger partial charge in [0.2, 0.25) is 21.8 Å². The van der Waals surface area contributed by atoms with Crippen LogP contribution in [-0.4, -0.2) is 44.1 Å². The Balaban J connectivity index is 1.43. The third-order valence-electron chi connectivity index (χ3n) is 6.03. The van der Waals surface area contributed by atoms with Gasteiger partial charge in [0, 0.05) is 31.6 Å². The van der Waals surface area contributed by atoms with E-state index in [1.54, 1.807) is 17.0 Å². The van der Waals surface area contributed by atoms with Crippen LogP contribution in [0.4, 0.5) is 11.4 Å². The van der Waals surface area contributed by atoms with Gasteiger partial charge >= 0.3 is 0 Å². The maximum atomic E-state index is 13.3. The highest BCUT2D eigenvalue weighted by molar-refractivity contribution is 7.89. The van der Waals surface area contributed by atoms with E-state index in [0.717, 1.165) is 10.8 Å². The molecule has 1 heterocycles. The molecule has 35 heavy (non-hydrogen) atoms. The van der Waals surface area contributed by atoms with Crippen molar-refractivity contribution in [3.8, 4) is 0 Å². The van der Waals surface area contributed by atoms with Crippen molar-refractivity contribution in [1.29, 1.82) is 0 Å². The Morgan fingerprint density at radius 1 is 0.914 bits per heavy atom. The Kier molecular flexibility index (Phi) is 6.86. The topological polar surface area (TPSA) is 139 Å². The SMILES string of the molecule is CC(=O)Nc1cc2ccccc2cc1C(=O)N1CCC(C(=O)Nc2ccc(S(N)(=O)=O)cc2)CC1. The van der Waals surface area contributed by atoms with Crippen molar-refractivity contribution in [1.82, 2.24) is 4.90 Å². The largest absolute Gasteiger partial charge is 0.339 e. The molecule has 0 bridgehead atoms. The van der Waals surface area contributed by atoms with Gasteiger partial charge in [-0.15, -0.1) is 0 Å². The van der Waals surface area contributed by atoms with Crippen molar-refractivity contribution in [2.75, 3.05) is 23.7 Å². The summed E-state index contributed by atoms with van der Waals surface area (Å²) in [4.78, 5) is 39.4. The average molecular weight is 495 g/mol. The fourth-order valence-corrected chi connectivity index (χ4v) is 4.71. The van der Waals surface area contributed by atoms with E-state index < -0.39 is 10.0 Å². The van der Waals surface area contributed by atoms with Crippen molar-refractivity contribution in [2.45, 2.75) is 24.7 Å². The lowest BCUT2D eigenvalue weighted by molar-refractivity contribution is -0.121. The van der Waals surface area contributed by atoms with Crippen LogP contribution in [0.3, 0.4) is 0 Å². The Morgan fingerprint density at radius 2 is 1.51 bits per heavy atom. The van der Waals surface area contributed by atoms with Crippen LogP contribution in [0.25, 0.3) is 10.8 Å². The van der Waals surface area contributed by atoms with Gasteiger partial charge in [0.15, 0.2) is 0 Å². The zero-order valence-electron chi connectivity index (χ0n) is 19.2. The molecule has 4 rings (SSSR count). The van der Waals surface area contributed by atoms with Gasteiger partial charge in [0.1, 0.15) is 0 Å². The molecule has 10 heteroatoms. The van der Waals surface area contributed by atoms with E-state index in [-0.39, 0.29) is 28.5 Å². The molecule has 1 aliphatic heterocycles. The van der Waals surface area contributed by atoms with E-state index in [1.807, 2.05) is 24.3 Å². The number of likely N-dealkylation sites (tertiary alicyclic amines) is 1. The van der Waals surface area contributed by atoms with E-state index in [2.05, 4.69) is 10.6 Å². The first-order chi connectivity index (χ1) is 16.6. The molecular weight excluding hydrogens is 468 g/mol. The van der Waals surface area contributed by atoms with Crippen LogP contribution in [-0.2, 0) is 19.6 Å². The molecule has 1 fully saturated rings. The molecule has 1 aliphatic rings. The van der Waals surface area contributed by atoms with E-state index in [1.165, 1.54) is 31.2 Å². The molecule has 3 amide bonds. The van der Waals surface area contributed by atoms with E-state index >= 15 is 0 Å². The number of piperidine rings is 1. The highest BCUT2D eigenvalue weighted by Crippen LogP contribution is 2.28. The molecule has 1 saturated heterocycles. The Morgan fingerprint density at radius 3 is 2.09 bits per heavy atom. The van der Waals surface area contributed by atoms with Gasteiger partial charge in [-0.2, -0.15) is 0 Å². The summed E-state index contributed by atoms with van der Waals surface area (Å²) in [5.74, 6) is -0.938. The third-order valence-corrected chi connectivity index (χ3v) is 6.96. The van der Waals surface area contributed by atoms with Crippen LogP contribution in [0.2, 0.25) is 0 Å². The second-order valence-electron chi connectivity index (χ2n) is 8.55. The Labute approximate surface area is 203 Å². The molecule has 9 nitrogen and oxygen atoms in total. The number of nitrogens with zero attached hydrogens (tertiary/aromatic N) is 1. The quantitative estimate of drug-likeness (QED) is 0.501. The van der Waals surface area contributed by atoms with Gasteiger partial charge in [-0.05, 0) is 60.0 Å². The number of hydrogen-bond acceptors (Lipinski definition) is 5. The van der Waals surface area contributed by atoms with Gasteiger partial charge in [-0.1, -0.05) is 24.3 Å². The summed E-state index contributed by atoms with van der Waals surface area (Å²) < 4.78 is 22.8. The number of carbonyl (C=O) groups is 3. The predicted octanol–water partition coefficient (Wildman–Crippen LogP) is 2.94. The summed E-state index contributed by atoms with van der Waals surface area (Å²) in [5, 5.41) is 12.5. The molecule has 0 atom stereocenters. The molecular formula is C25H26N4O5S. The first-order valence-electron chi connectivity index (χ1n) is 11.2. The van der Waals surface area contributed by atoms with Crippen LogP contribution < -0.4 is 15.8 Å². The van der Waals surface area contributed by atoms with Gasteiger partial charge in [-0.25, -0.2) is 13.6 Å². The number of hydrogen-bond donors (Lipinski definition) is 3. The van der Waals surface area contributed by atoms with Crippen LogP contribution in [0.1, 0.15) is 30.1 Å². The number of rotatable bonds is 5. The third kappa shape index (κ3) is 5.67. The second kappa shape index (κ2) is 9.85. The van der Waals surface area contributed by atoms with Crippen molar-refractivity contribution in [3.63, 3.8) is 0 Å². The first-order valence-corrected chi connectivity index (χ1v) is 12.7. The number of amides is 3. The molecule has 0 aliphatic carbocycles. The second-order valence-corrected chi connectivity index (χ2v) is 10.1. The highest BCUT2D eigenvalue weighted by atomic mass is 32.2. The minimum absolute atomic E-state index is 0.0327. The minimum Gasteiger partial charge on any atom is -0.339 e. The van der Waals surface area contributed by atoms with Crippen molar-refractivity contribution < 1.29 is 22.8 Å². The van der Waals surface area contributed by atoms with E-state index in [4.69, 9.17) is 5.14 Å². The number of primary sulfonamides is 1. The molecule has 182 valence electrons. The van der Waals surface area contributed by atoms with Gasteiger partial charge in [0.25, 0.3) is 5.91 Å². The lowest BCUT2D eigenvalue weighted by Gasteiger charge is -2.32. The number of carbonyl (C=O) groups excluding carboxylic acids is 3. The first kappa shape index (κ1) is 24.4. The van der Waals surface area contributed by atoms with Gasteiger partial charge < -0.3 is 15.5 Å². The summed E-state index contributed by atoms with van der Waals surface area (Å²) >= 11 is 0. The summed E-state index contributed by atoms with van der Waals surface area (Å²) in [5.41, 5.74) is 1.35. The number of nitrogens with two attached hydrogens (primary N) is 1. The van der Waals surface area contributed by atoms with Crippen LogP contribution in [0.5, 0.6) is 0 Å². The molecule has 0 saturated carbocycles. The zero-order chi connectivity index (χ0) is 25.2. The average Bonchev–Trinajstić information content (AvgIpc) is 2.82. The van der Waals surface area contributed by atoms with Crippen LogP contribution >= 0.6 is 0 Å². The zero-order valence-corrected chi connectivity index (χ0v) is 20.0. The number of nitrogens with one attached hydrogen (secondary N) is 2. The van der Waals surface area contributed by atoms with Gasteiger partial charge in [0.05, 0.1) is 16.1 Å². The maximum Gasteiger partial charge on any atom is 0.255 e. The normalized spacial score (nSPS) is 14.5. The van der Waals surface area contributed by atoms with Gasteiger partial charge in [-0.3, -0.25) is 14.4 Å². The molecule has 0 spiro atoms. The molecule has 0 aromatic heterocycles. The summed E-state index contributed by atoms with van der Waals surface area (Å²) in [6, 6.07) is 16.8. The lowest BCUT2D eigenvalue weighted by atomic mass is 9.94. The van der Waals surface area contributed by atoms with E-state index in [9.17, 15) is 22.8 Å².